The summed E-state index contributed by atoms with van der Waals surface area (Å²) in [5.74, 6) is 1.96. The highest BCUT2D eigenvalue weighted by molar-refractivity contribution is 5.94. The van der Waals surface area contributed by atoms with Gasteiger partial charge in [0.1, 0.15) is 0 Å². The molecule has 154 valence electrons. The number of aryl methyl sites for hydroxylation is 2. The molecule has 2 fully saturated rings. The number of hydrogen-bond donors (Lipinski definition) is 0. The molecule has 1 aromatic heterocycles. The molecule has 2 aromatic rings. The van der Waals surface area contributed by atoms with E-state index in [2.05, 4.69) is 50.1 Å². The summed E-state index contributed by atoms with van der Waals surface area (Å²) < 4.78 is 0. The van der Waals surface area contributed by atoms with Gasteiger partial charge in [-0.3, -0.25) is 4.79 Å². The summed E-state index contributed by atoms with van der Waals surface area (Å²) in [5, 5.41) is 8.92. The van der Waals surface area contributed by atoms with Crippen molar-refractivity contribution in [3.05, 3.63) is 47.0 Å². The molecule has 0 saturated carbocycles. The number of carbonyl (C=O) groups is 1. The Morgan fingerprint density at radius 2 is 1.24 bits per heavy atom. The van der Waals surface area contributed by atoms with Crippen LogP contribution in [-0.4, -0.2) is 85.3 Å². The molecule has 1 aromatic carbocycles. The highest BCUT2D eigenvalue weighted by Crippen LogP contribution is 2.19. The van der Waals surface area contributed by atoms with Crippen LogP contribution < -0.4 is 9.80 Å². The molecule has 0 bridgehead atoms. The zero-order chi connectivity index (χ0) is 20.4. The van der Waals surface area contributed by atoms with Crippen molar-refractivity contribution >= 4 is 17.5 Å². The summed E-state index contributed by atoms with van der Waals surface area (Å²) in [7, 11) is 2.15. The summed E-state index contributed by atoms with van der Waals surface area (Å²) in [6.45, 7) is 11.1. The van der Waals surface area contributed by atoms with Gasteiger partial charge in [0.25, 0.3) is 5.91 Å². The van der Waals surface area contributed by atoms with Crippen LogP contribution in [0, 0.1) is 13.8 Å². The molecule has 0 spiro atoms. The van der Waals surface area contributed by atoms with E-state index in [1.54, 1.807) is 0 Å². The highest BCUT2D eigenvalue weighted by Gasteiger charge is 2.24. The van der Waals surface area contributed by atoms with Gasteiger partial charge in [0.2, 0.25) is 0 Å². The number of carbonyl (C=O) groups excluding carboxylic acids is 1. The van der Waals surface area contributed by atoms with E-state index in [1.165, 1.54) is 0 Å². The standard InChI is InChI=1S/C22H30N6O/c1-17-14-18(2)16-19(15-17)22(29)28-12-10-27(11-13-28)21-5-4-20(23-24-21)26-8-6-25(3)7-9-26/h4-5,14-16H,6-13H2,1-3H3. The van der Waals surface area contributed by atoms with Crippen molar-refractivity contribution < 1.29 is 4.79 Å². The fourth-order valence-electron chi connectivity index (χ4n) is 4.11. The zero-order valence-corrected chi connectivity index (χ0v) is 17.6. The quantitative estimate of drug-likeness (QED) is 0.791. The maximum Gasteiger partial charge on any atom is 0.253 e. The number of anilines is 2. The predicted octanol–water partition coefficient (Wildman–Crippen LogP) is 1.81. The van der Waals surface area contributed by atoms with Crippen molar-refractivity contribution in [2.45, 2.75) is 13.8 Å². The fraction of sp³-hybridized carbons (Fsp3) is 0.500. The second-order valence-electron chi connectivity index (χ2n) is 8.20. The first-order valence-corrected chi connectivity index (χ1v) is 10.4. The van der Waals surface area contributed by atoms with Crippen LogP contribution in [0.2, 0.25) is 0 Å². The second-order valence-corrected chi connectivity index (χ2v) is 8.20. The van der Waals surface area contributed by atoms with E-state index in [0.29, 0.717) is 13.1 Å². The van der Waals surface area contributed by atoms with Crippen LogP contribution in [-0.2, 0) is 0 Å². The molecule has 0 unspecified atom stereocenters. The lowest BCUT2D eigenvalue weighted by molar-refractivity contribution is 0.0746. The monoisotopic (exact) mass is 394 g/mol. The lowest BCUT2D eigenvalue weighted by Gasteiger charge is -2.36. The van der Waals surface area contributed by atoms with Crippen LogP contribution in [0.1, 0.15) is 21.5 Å². The fourth-order valence-corrected chi connectivity index (χ4v) is 4.11. The third-order valence-corrected chi connectivity index (χ3v) is 5.82. The first kappa shape index (κ1) is 19.6. The predicted molar refractivity (Wildman–Crippen MR) is 116 cm³/mol. The second kappa shape index (κ2) is 8.37. The molecular weight excluding hydrogens is 364 g/mol. The number of benzene rings is 1. The Morgan fingerprint density at radius 1 is 0.759 bits per heavy atom. The van der Waals surface area contributed by atoms with Crippen LogP contribution >= 0.6 is 0 Å². The van der Waals surface area contributed by atoms with E-state index in [-0.39, 0.29) is 5.91 Å². The largest absolute Gasteiger partial charge is 0.353 e. The molecule has 29 heavy (non-hydrogen) atoms. The molecule has 0 radical (unpaired) electrons. The SMILES string of the molecule is Cc1cc(C)cc(C(=O)N2CCN(c3ccc(N4CCN(C)CC4)nn3)CC2)c1. The molecule has 3 heterocycles. The molecule has 1 amide bonds. The van der Waals surface area contributed by atoms with Gasteiger partial charge in [-0.1, -0.05) is 17.2 Å². The van der Waals surface area contributed by atoms with Crippen LogP contribution in [0.5, 0.6) is 0 Å². The Morgan fingerprint density at radius 3 is 1.72 bits per heavy atom. The van der Waals surface area contributed by atoms with E-state index < -0.39 is 0 Å². The lowest BCUT2D eigenvalue weighted by atomic mass is 10.1. The van der Waals surface area contributed by atoms with Gasteiger partial charge in [0.15, 0.2) is 11.6 Å². The maximum atomic E-state index is 12.9. The van der Waals surface area contributed by atoms with E-state index in [0.717, 1.165) is 67.6 Å². The number of hydrogen-bond acceptors (Lipinski definition) is 6. The number of aromatic nitrogens is 2. The van der Waals surface area contributed by atoms with Crippen LogP contribution in [0.25, 0.3) is 0 Å². The number of amides is 1. The minimum Gasteiger partial charge on any atom is -0.353 e. The molecule has 0 atom stereocenters. The van der Waals surface area contributed by atoms with Gasteiger partial charge in [-0.25, -0.2) is 0 Å². The van der Waals surface area contributed by atoms with E-state index >= 15 is 0 Å². The minimum atomic E-state index is 0.118. The summed E-state index contributed by atoms with van der Waals surface area (Å²) in [6, 6.07) is 10.2. The number of piperazine rings is 2. The Kier molecular flexibility index (Phi) is 5.67. The first-order chi connectivity index (χ1) is 14.0. The van der Waals surface area contributed by atoms with Crippen molar-refractivity contribution in [1.82, 2.24) is 20.0 Å². The molecule has 2 aliphatic heterocycles. The highest BCUT2D eigenvalue weighted by atomic mass is 16.2. The summed E-state index contributed by atoms with van der Waals surface area (Å²) in [4.78, 5) is 21.6. The number of nitrogens with zero attached hydrogens (tertiary/aromatic N) is 6. The van der Waals surface area contributed by atoms with Gasteiger partial charge in [-0.05, 0) is 45.2 Å². The van der Waals surface area contributed by atoms with Crippen molar-refractivity contribution in [3.8, 4) is 0 Å². The lowest BCUT2D eigenvalue weighted by Crippen LogP contribution is -2.49. The Balaban J connectivity index is 1.35. The normalized spacial score (nSPS) is 18.2. The molecule has 0 aliphatic carbocycles. The van der Waals surface area contributed by atoms with Gasteiger partial charge in [0, 0.05) is 57.9 Å². The first-order valence-electron chi connectivity index (χ1n) is 10.4. The Hall–Kier alpha value is -2.67. The maximum absolute atomic E-state index is 12.9. The molecule has 7 heteroatoms. The average Bonchev–Trinajstić information content (AvgIpc) is 2.73. The van der Waals surface area contributed by atoms with Crippen LogP contribution in [0.4, 0.5) is 11.6 Å². The van der Waals surface area contributed by atoms with Gasteiger partial charge in [-0.2, -0.15) is 0 Å². The van der Waals surface area contributed by atoms with E-state index in [4.69, 9.17) is 0 Å². The van der Waals surface area contributed by atoms with Crippen molar-refractivity contribution in [3.63, 3.8) is 0 Å². The molecule has 7 nitrogen and oxygen atoms in total. The smallest absolute Gasteiger partial charge is 0.253 e. The van der Waals surface area contributed by atoms with Gasteiger partial charge >= 0.3 is 0 Å². The van der Waals surface area contributed by atoms with Crippen molar-refractivity contribution in [2.24, 2.45) is 0 Å². The molecule has 2 aliphatic rings. The third-order valence-electron chi connectivity index (χ3n) is 5.82. The number of rotatable bonds is 3. The molecule has 4 rings (SSSR count). The minimum absolute atomic E-state index is 0.118. The van der Waals surface area contributed by atoms with Crippen molar-refractivity contribution in [1.29, 1.82) is 0 Å². The summed E-state index contributed by atoms with van der Waals surface area (Å²) in [6.07, 6.45) is 0. The van der Waals surface area contributed by atoms with Gasteiger partial charge in [-0.15, -0.1) is 10.2 Å². The molecule has 0 N–H and O–H groups in total. The topological polar surface area (TPSA) is 55.8 Å². The zero-order valence-electron chi connectivity index (χ0n) is 17.6. The van der Waals surface area contributed by atoms with Gasteiger partial charge in [0.05, 0.1) is 0 Å². The summed E-state index contributed by atoms with van der Waals surface area (Å²) in [5.41, 5.74) is 3.04. The molecular formula is C22H30N6O. The van der Waals surface area contributed by atoms with E-state index in [1.807, 2.05) is 30.9 Å². The van der Waals surface area contributed by atoms with Gasteiger partial charge < -0.3 is 19.6 Å². The third kappa shape index (κ3) is 4.50. The Bertz CT molecular complexity index is 832. The summed E-state index contributed by atoms with van der Waals surface area (Å²) >= 11 is 0. The average molecular weight is 395 g/mol. The number of likely N-dealkylation sites (N-methyl/N-ethyl adjacent to an activating group) is 1. The molecule has 2 saturated heterocycles. The Labute approximate surface area is 172 Å². The van der Waals surface area contributed by atoms with Crippen LogP contribution in [0.3, 0.4) is 0 Å². The van der Waals surface area contributed by atoms with Crippen molar-refractivity contribution in [2.75, 3.05) is 69.2 Å². The van der Waals surface area contributed by atoms with E-state index in [9.17, 15) is 4.79 Å². The van der Waals surface area contributed by atoms with Crippen LogP contribution in [0.15, 0.2) is 30.3 Å².